The summed E-state index contributed by atoms with van der Waals surface area (Å²) in [6, 6.07) is 0. The second-order valence-electron chi connectivity index (χ2n) is 7.85. The molecule has 0 aromatic carbocycles. The summed E-state index contributed by atoms with van der Waals surface area (Å²) in [5.74, 6) is 0. The molecule has 1 unspecified atom stereocenters. The first kappa shape index (κ1) is 21.4. The minimum Gasteiger partial charge on any atom is -0.379 e. The molecule has 158 valence electrons. The van der Waals surface area contributed by atoms with Crippen LogP contribution in [0.15, 0.2) is 0 Å². The Morgan fingerprint density at radius 2 is 1.70 bits per heavy atom. The van der Waals surface area contributed by atoms with Crippen LogP contribution in [0.25, 0.3) is 0 Å². The second kappa shape index (κ2) is 9.47. The summed E-state index contributed by atoms with van der Waals surface area (Å²) in [5, 5.41) is 0. The predicted octanol–water partition coefficient (Wildman–Crippen LogP) is 1.02. The van der Waals surface area contributed by atoms with Crippen molar-refractivity contribution < 1.29 is 27.4 Å². The van der Waals surface area contributed by atoms with E-state index in [9.17, 15) is 8.42 Å². The van der Waals surface area contributed by atoms with Crippen molar-refractivity contribution >= 4 is 10.2 Å². The lowest BCUT2D eigenvalue weighted by Crippen LogP contribution is -2.55. The van der Waals surface area contributed by atoms with E-state index in [2.05, 4.69) is 0 Å². The highest BCUT2D eigenvalue weighted by Crippen LogP contribution is 2.37. The lowest BCUT2D eigenvalue weighted by Gasteiger charge is -2.46. The van der Waals surface area contributed by atoms with Crippen molar-refractivity contribution in [1.82, 2.24) is 8.61 Å². The number of ether oxygens (including phenoxy) is 4. The second-order valence-corrected chi connectivity index (χ2v) is 9.78. The van der Waals surface area contributed by atoms with E-state index in [1.165, 1.54) is 4.31 Å². The summed E-state index contributed by atoms with van der Waals surface area (Å²) in [7, 11) is -3.40. The summed E-state index contributed by atoms with van der Waals surface area (Å²) in [6.45, 7) is 8.73. The molecule has 27 heavy (non-hydrogen) atoms. The average molecular weight is 407 g/mol. The Hall–Kier alpha value is -0.290. The summed E-state index contributed by atoms with van der Waals surface area (Å²) in [6.07, 6.45) is 3.54. The molecule has 3 rings (SSSR count). The van der Waals surface area contributed by atoms with Crippen LogP contribution in [0.2, 0.25) is 0 Å². The molecular formula is C18H34N2O6S. The van der Waals surface area contributed by atoms with Gasteiger partial charge in [0.15, 0.2) is 0 Å². The SMILES string of the molecule is CC(C)OCCOC1CCOC2(CCN(S(=O)(=O)N3CCOCC3)CC2)C1. The molecule has 1 atom stereocenters. The lowest BCUT2D eigenvalue weighted by atomic mass is 9.84. The Balaban J connectivity index is 1.48. The molecule has 1 spiro atoms. The van der Waals surface area contributed by atoms with Gasteiger partial charge in [-0.15, -0.1) is 0 Å². The molecular weight excluding hydrogens is 372 g/mol. The highest BCUT2D eigenvalue weighted by molar-refractivity contribution is 7.86. The first-order valence-electron chi connectivity index (χ1n) is 10.1. The molecule has 0 saturated carbocycles. The highest BCUT2D eigenvalue weighted by Gasteiger charge is 2.44. The van der Waals surface area contributed by atoms with Crippen LogP contribution in [-0.2, 0) is 29.2 Å². The van der Waals surface area contributed by atoms with Gasteiger partial charge in [0.1, 0.15) is 0 Å². The van der Waals surface area contributed by atoms with Crippen molar-refractivity contribution in [2.24, 2.45) is 0 Å². The van der Waals surface area contributed by atoms with Crippen molar-refractivity contribution in [1.29, 1.82) is 0 Å². The Morgan fingerprint density at radius 3 is 2.37 bits per heavy atom. The molecule has 8 nitrogen and oxygen atoms in total. The van der Waals surface area contributed by atoms with Crippen LogP contribution in [0.4, 0.5) is 0 Å². The minimum absolute atomic E-state index is 0.164. The van der Waals surface area contributed by atoms with Crippen LogP contribution < -0.4 is 0 Å². The summed E-state index contributed by atoms with van der Waals surface area (Å²) < 4.78 is 51.7. The van der Waals surface area contributed by atoms with Crippen LogP contribution in [0.1, 0.15) is 39.5 Å². The van der Waals surface area contributed by atoms with Crippen molar-refractivity contribution in [3.63, 3.8) is 0 Å². The fourth-order valence-electron chi connectivity index (χ4n) is 4.04. The number of nitrogens with zero attached hydrogens (tertiary/aromatic N) is 2. The lowest BCUT2D eigenvalue weighted by molar-refractivity contribution is -0.154. The molecule has 0 amide bonds. The number of piperidine rings is 1. The Morgan fingerprint density at radius 1 is 1.04 bits per heavy atom. The highest BCUT2D eigenvalue weighted by atomic mass is 32.2. The van der Waals surface area contributed by atoms with E-state index in [4.69, 9.17) is 18.9 Å². The molecule has 0 aliphatic carbocycles. The number of hydrogen-bond acceptors (Lipinski definition) is 6. The Labute approximate surface area is 163 Å². The molecule has 0 radical (unpaired) electrons. The number of rotatable bonds is 7. The van der Waals surface area contributed by atoms with Gasteiger partial charge in [-0.1, -0.05) is 0 Å². The normalized spacial score (nSPS) is 28.0. The van der Waals surface area contributed by atoms with Crippen LogP contribution in [-0.4, -0.2) is 94.1 Å². The van der Waals surface area contributed by atoms with E-state index < -0.39 is 10.2 Å². The molecule has 3 heterocycles. The van der Waals surface area contributed by atoms with Gasteiger partial charge < -0.3 is 18.9 Å². The molecule has 9 heteroatoms. The molecule has 0 N–H and O–H groups in total. The van der Waals surface area contributed by atoms with E-state index in [0.29, 0.717) is 59.2 Å². The van der Waals surface area contributed by atoms with E-state index in [1.54, 1.807) is 4.31 Å². The zero-order chi connectivity index (χ0) is 19.3. The van der Waals surface area contributed by atoms with Gasteiger partial charge in [-0.3, -0.25) is 0 Å². The summed E-state index contributed by atoms with van der Waals surface area (Å²) >= 11 is 0. The van der Waals surface area contributed by atoms with Crippen LogP contribution in [0.3, 0.4) is 0 Å². The van der Waals surface area contributed by atoms with Crippen LogP contribution in [0.5, 0.6) is 0 Å². The third-order valence-electron chi connectivity index (χ3n) is 5.59. The van der Waals surface area contributed by atoms with Gasteiger partial charge in [-0.2, -0.15) is 17.0 Å². The zero-order valence-electron chi connectivity index (χ0n) is 16.6. The fourth-order valence-corrected chi connectivity index (χ4v) is 5.62. The van der Waals surface area contributed by atoms with Crippen LogP contribution in [0, 0.1) is 0 Å². The van der Waals surface area contributed by atoms with E-state index in [-0.39, 0.29) is 17.8 Å². The third-order valence-corrected chi connectivity index (χ3v) is 7.63. The van der Waals surface area contributed by atoms with Gasteiger partial charge in [-0.25, -0.2) is 0 Å². The average Bonchev–Trinajstić information content (AvgIpc) is 2.66. The van der Waals surface area contributed by atoms with E-state index in [1.807, 2.05) is 13.8 Å². The molecule has 3 aliphatic rings. The first-order valence-corrected chi connectivity index (χ1v) is 11.5. The maximum atomic E-state index is 12.8. The quantitative estimate of drug-likeness (QED) is 0.588. The molecule has 3 saturated heterocycles. The van der Waals surface area contributed by atoms with Gasteiger partial charge in [-0.05, 0) is 33.1 Å². The fraction of sp³-hybridized carbons (Fsp3) is 1.00. The smallest absolute Gasteiger partial charge is 0.282 e. The van der Waals surface area contributed by atoms with Gasteiger partial charge in [0.2, 0.25) is 0 Å². The van der Waals surface area contributed by atoms with Crippen molar-refractivity contribution in [3.8, 4) is 0 Å². The third kappa shape index (κ3) is 5.62. The van der Waals surface area contributed by atoms with Crippen molar-refractivity contribution in [3.05, 3.63) is 0 Å². The van der Waals surface area contributed by atoms with Gasteiger partial charge in [0, 0.05) is 39.2 Å². The van der Waals surface area contributed by atoms with E-state index >= 15 is 0 Å². The molecule has 3 aliphatic heterocycles. The van der Waals surface area contributed by atoms with E-state index in [0.717, 1.165) is 25.7 Å². The topological polar surface area (TPSA) is 77.5 Å². The maximum Gasteiger partial charge on any atom is 0.282 e. The number of morpholine rings is 1. The van der Waals surface area contributed by atoms with Gasteiger partial charge in [0.25, 0.3) is 10.2 Å². The summed E-state index contributed by atoms with van der Waals surface area (Å²) in [4.78, 5) is 0. The van der Waals surface area contributed by atoms with Crippen molar-refractivity contribution in [2.45, 2.75) is 57.3 Å². The summed E-state index contributed by atoms with van der Waals surface area (Å²) in [5.41, 5.74) is -0.251. The standard InChI is InChI=1S/C18H34N2O6S/c1-16(2)24-13-14-25-17-3-10-26-18(15-17)4-6-19(7-5-18)27(21,22)20-8-11-23-12-9-20/h16-17H,3-15H2,1-2H3. The molecule has 0 aromatic heterocycles. The molecule has 0 aromatic rings. The maximum absolute atomic E-state index is 12.8. The van der Waals surface area contributed by atoms with Crippen molar-refractivity contribution in [2.75, 3.05) is 59.2 Å². The molecule has 3 fully saturated rings. The Kier molecular flexibility index (Phi) is 7.51. The Bertz CT molecular complexity index is 556. The molecule has 0 bridgehead atoms. The van der Waals surface area contributed by atoms with Gasteiger partial charge >= 0.3 is 0 Å². The first-order chi connectivity index (χ1) is 12.9. The van der Waals surface area contributed by atoms with Gasteiger partial charge in [0.05, 0.1) is 44.2 Å². The predicted molar refractivity (Wildman–Crippen MR) is 101 cm³/mol. The number of hydrogen-bond donors (Lipinski definition) is 0. The minimum atomic E-state index is -3.40. The van der Waals surface area contributed by atoms with Crippen LogP contribution >= 0.6 is 0 Å². The largest absolute Gasteiger partial charge is 0.379 e. The zero-order valence-corrected chi connectivity index (χ0v) is 17.4. The monoisotopic (exact) mass is 406 g/mol.